The van der Waals surface area contributed by atoms with Gasteiger partial charge in [-0.3, -0.25) is 4.79 Å². The molecular weight excluding hydrogens is 427 g/mol. The van der Waals surface area contributed by atoms with Gasteiger partial charge in [0.25, 0.3) is 5.91 Å². The molecule has 30 heavy (non-hydrogen) atoms. The number of hydrogen-bond acceptors (Lipinski definition) is 3. The zero-order valence-electron chi connectivity index (χ0n) is 17.3. The molecule has 8 heteroatoms. The van der Waals surface area contributed by atoms with Crippen LogP contribution in [-0.4, -0.2) is 49.2 Å². The average molecular weight is 453 g/mol. The molecule has 1 heterocycles. The number of sulfonamides is 1. The molecular formula is C22H26ClFN2O3S. The topological polar surface area (TPSA) is 57.7 Å². The van der Waals surface area contributed by atoms with Gasteiger partial charge in [0.2, 0.25) is 10.0 Å². The molecule has 1 unspecified atom stereocenters. The van der Waals surface area contributed by atoms with Crippen molar-refractivity contribution in [1.82, 2.24) is 9.21 Å². The summed E-state index contributed by atoms with van der Waals surface area (Å²) in [6.45, 7) is 4.11. The molecule has 0 N–H and O–H groups in total. The minimum Gasteiger partial charge on any atom is -0.335 e. The Kier molecular flexibility index (Phi) is 6.84. The minimum atomic E-state index is -3.74. The van der Waals surface area contributed by atoms with Gasteiger partial charge in [0, 0.05) is 25.7 Å². The Bertz CT molecular complexity index is 1040. The van der Waals surface area contributed by atoms with E-state index in [-0.39, 0.29) is 39.3 Å². The highest BCUT2D eigenvalue weighted by atomic mass is 35.5. The van der Waals surface area contributed by atoms with Crippen LogP contribution in [0.4, 0.5) is 4.39 Å². The van der Waals surface area contributed by atoms with Crippen molar-refractivity contribution < 1.29 is 17.6 Å². The molecule has 0 radical (unpaired) electrons. The smallest absolute Gasteiger partial charge is 0.255 e. The zero-order chi connectivity index (χ0) is 22.1. The molecule has 1 saturated heterocycles. The van der Waals surface area contributed by atoms with E-state index >= 15 is 0 Å². The summed E-state index contributed by atoms with van der Waals surface area (Å²) in [7, 11) is -2.23. The summed E-state index contributed by atoms with van der Waals surface area (Å²) >= 11 is 6.28. The number of likely N-dealkylation sites (tertiary alicyclic amines) is 1. The number of carbonyl (C=O) groups excluding carboxylic acids is 1. The molecule has 1 aliphatic rings. The number of hydrogen-bond donors (Lipinski definition) is 0. The van der Waals surface area contributed by atoms with E-state index in [1.807, 2.05) is 6.07 Å². The van der Waals surface area contributed by atoms with Crippen LogP contribution in [0.3, 0.4) is 0 Å². The van der Waals surface area contributed by atoms with E-state index < -0.39 is 10.0 Å². The van der Waals surface area contributed by atoms with E-state index in [1.54, 1.807) is 24.8 Å². The van der Waals surface area contributed by atoms with Gasteiger partial charge in [0.15, 0.2) is 0 Å². The van der Waals surface area contributed by atoms with E-state index in [0.29, 0.717) is 13.0 Å². The molecule has 0 bridgehead atoms. The lowest BCUT2D eigenvalue weighted by Crippen LogP contribution is -2.37. The maximum atomic E-state index is 13.5. The van der Waals surface area contributed by atoms with Crippen molar-refractivity contribution in [3.05, 3.63) is 64.4 Å². The molecule has 2 aromatic carbocycles. The molecule has 3 rings (SSSR count). The van der Waals surface area contributed by atoms with E-state index in [9.17, 15) is 17.6 Å². The van der Waals surface area contributed by atoms with Gasteiger partial charge in [0.05, 0.1) is 15.5 Å². The lowest BCUT2D eigenvalue weighted by Gasteiger charge is -2.26. The Hall–Kier alpha value is -1.96. The van der Waals surface area contributed by atoms with Crippen LogP contribution in [0.5, 0.6) is 0 Å². The highest BCUT2D eigenvalue weighted by Gasteiger charge is 2.32. The van der Waals surface area contributed by atoms with E-state index in [4.69, 9.17) is 11.6 Å². The predicted molar refractivity (Wildman–Crippen MR) is 116 cm³/mol. The fourth-order valence-corrected chi connectivity index (χ4v) is 5.27. The summed E-state index contributed by atoms with van der Waals surface area (Å²) in [5.41, 5.74) is 0.988. The fraction of sp³-hybridized carbons (Fsp3) is 0.409. The second-order valence-electron chi connectivity index (χ2n) is 7.89. The van der Waals surface area contributed by atoms with Crippen LogP contribution in [0, 0.1) is 5.82 Å². The summed E-state index contributed by atoms with van der Waals surface area (Å²) in [5.74, 6) is -0.609. The molecule has 0 aromatic heterocycles. The van der Waals surface area contributed by atoms with Gasteiger partial charge in [-0.1, -0.05) is 23.7 Å². The van der Waals surface area contributed by atoms with Crippen LogP contribution in [0.1, 0.15) is 42.6 Å². The third-order valence-corrected chi connectivity index (χ3v) is 7.93. The number of rotatable bonds is 6. The van der Waals surface area contributed by atoms with Crippen molar-refractivity contribution in [2.24, 2.45) is 0 Å². The second-order valence-corrected chi connectivity index (χ2v) is 10.3. The molecule has 1 atom stereocenters. The fourth-order valence-electron chi connectivity index (χ4n) is 3.68. The molecule has 1 aliphatic heterocycles. The average Bonchev–Trinajstić information content (AvgIpc) is 3.15. The SMILES string of the molecule is CC(C)N(C)S(=O)(=O)c1ccc(Cl)c(C(=O)N2CCCC2Cc2cccc(F)c2)c1. The van der Waals surface area contributed by atoms with Gasteiger partial charge in [-0.2, -0.15) is 4.31 Å². The Labute approximate surface area is 182 Å². The standard InChI is InChI=1S/C22H26ClFN2O3S/c1-15(2)25(3)30(28,29)19-9-10-21(23)20(14-19)22(27)26-11-5-8-18(26)13-16-6-4-7-17(24)12-16/h4,6-7,9-10,12,14-15,18H,5,8,11,13H2,1-3H3. The highest BCUT2D eigenvalue weighted by Crippen LogP contribution is 2.29. The van der Waals surface area contributed by atoms with Gasteiger partial charge in [-0.15, -0.1) is 0 Å². The number of carbonyl (C=O) groups is 1. The molecule has 162 valence electrons. The summed E-state index contributed by atoms with van der Waals surface area (Å²) in [4.78, 5) is 15.0. The summed E-state index contributed by atoms with van der Waals surface area (Å²) in [6.07, 6.45) is 2.17. The van der Waals surface area contributed by atoms with Crippen LogP contribution in [0.15, 0.2) is 47.4 Å². The van der Waals surface area contributed by atoms with Gasteiger partial charge in [0.1, 0.15) is 5.82 Å². The Morgan fingerprint density at radius 1 is 1.27 bits per heavy atom. The summed E-state index contributed by atoms with van der Waals surface area (Å²) < 4.78 is 40.5. The van der Waals surface area contributed by atoms with Gasteiger partial charge in [-0.05, 0) is 69.0 Å². The third kappa shape index (κ3) is 4.68. The lowest BCUT2D eigenvalue weighted by atomic mass is 10.0. The van der Waals surface area contributed by atoms with E-state index in [1.165, 1.54) is 41.7 Å². The third-order valence-electron chi connectivity index (χ3n) is 5.57. The maximum Gasteiger partial charge on any atom is 0.255 e. The van der Waals surface area contributed by atoms with E-state index in [2.05, 4.69) is 0 Å². The molecule has 0 spiro atoms. The zero-order valence-corrected chi connectivity index (χ0v) is 18.9. The number of halogens is 2. The lowest BCUT2D eigenvalue weighted by molar-refractivity contribution is 0.0736. The van der Waals surface area contributed by atoms with Crippen molar-refractivity contribution in [3.63, 3.8) is 0 Å². The number of nitrogens with zero attached hydrogens (tertiary/aromatic N) is 2. The first-order valence-corrected chi connectivity index (χ1v) is 11.8. The van der Waals surface area contributed by atoms with Crippen LogP contribution in [0.25, 0.3) is 0 Å². The van der Waals surface area contributed by atoms with Gasteiger partial charge in [-0.25, -0.2) is 12.8 Å². The second kappa shape index (κ2) is 9.04. The molecule has 0 saturated carbocycles. The number of amides is 1. The van der Waals surface area contributed by atoms with Gasteiger partial charge >= 0.3 is 0 Å². The molecule has 5 nitrogen and oxygen atoms in total. The monoisotopic (exact) mass is 452 g/mol. The van der Waals surface area contributed by atoms with Gasteiger partial charge < -0.3 is 4.90 Å². The Morgan fingerprint density at radius 3 is 2.67 bits per heavy atom. The van der Waals surface area contributed by atoms with Crippen molar-refractivity contribution >= 4 is 27.5 Å². The van der Waals surface area contributed by atoms with Crippen LogP contribution in [-0.2, 0) is 16.4 Å². The highest BCUT2D eigenvalue weighted by molar-refractivity contribution is 7.89. The summed E-state index contributed by atoms with van der Waals surface area (Å²) in [6, 6.07) is 10.3. The molecule has 2 aromatic rings. The first-order chi connectivity index (χ1) is 14.1. The predicted octanol–water partition coefficient (Wildman–Crippen LogP) is 4.36. The van der Waals surface area contributed by atoms with Crippen molar-refractivity contribution in [2.75, 3.05) is 13.6 Å². The molecule has 1 fully saturated rings. The molecule has 1 amide bonds. The maximum absolute atomic E-state index is 13.5. The first-order valence-electron chi connectivity index (χ1n) is 9.94. The molecule has 0 aliphatic carbocycles. The quantitative estimate of drug-likeness (QED) is 0.654. The van der Waals surface area contributed by atoms with Crippen LogP contribution in [0.2, 0.25) is 5.02 Å². The normalized spacial score (nSPS) is 17.2. The number of benzene rings is 2. The Morgan fingerprint density at radius 2 is 2.00 bits per heavy atom. The van der Waals surface area contributed by atoms with Crippen LogP contribution < -0.4 is 0 Å². The van der Waals surface area contributed by atoms with Crippen molar-refractivity contribution in [3.8, 4) is 0 Å². The first kappa shape index (κ1) is 22.7. The minimum absolute atomic E-state index is 0.0346. The van der Waals surface area contributed by atoms with Crippen molar-refractivity contribution in [2.45, 2.75) is 50.1 Å². The van der Waals surface area contributed by atoms with Crippen LogP contribution >= 0.6 is 11.6 Å². The van der Waals surface area contributed by atoms with E-state index in [0.717, 1.165) is 18.4 Å². The Balaban J connectivity index is 1.88. The summed E-state index contributed by atoms with van der Waals surface area (Å²) in [5, 5.41) is 0.211. The van der Waals surface area contributed by atoms with Crippen molar-refractivity contribution in [1.29, 1.82) is 0 Å². The largest absolute Gasteiger partial charge is 0.335 e.